The van der Waals surface area contributed by atoms with E-state index >= 15 is 0 Å². The fourth-order valence-electron chi connectivity index (χ4n) is 3.38. The van der Waals surface area contributed by atoms with Gasteiger partial charge in [0.15, 0.2) is 0 Å². The Bertz CT molecular complexity index is 343. The summed E-state index contributed by atoms with van der Waals surface area (Å²) in [6, 6.07) is 0.258. The van der Waals surface area contributed by atoms with E-state index < -0.39 is 0 Å². The van der Waals surface area contributed by atoms with Gasteiger partial charge in [-0.3, -0.25) is 4.79 Å². The number of likely N-dealkylation sites (tertiary alicyclic amines) is 1. The van der Waals surface area contributed by atoms with Crippen LogP contribution in [-0.2, 0) is 4.79 Å². The molecule has 0 aromatic carbocycles. The molecule has 1 aliphatic carbocycles. The molecule has 0 bridgehead atoms. The summed E-state index contributed by atoms with van der Waals surface area (Å²) in [5, 5.41) is 0. The quantitative estimate of drug-likeness (QED) is 0.771. The lowest BCUT2D eigenvalue weighted by molar-refractivity contribution is -0.127. The first-order valence-corrected chi connectivity index (χ1v) is 7.69. The van der Waals surface area contributed by atoms with Gasteiger partial charge in [0.25, 0.3) is 0 Å². The van der Waals surface area contributed by atoms with Crippen molar-refractivity contribution in [3.63, 3.8) is 0 Å². The van der Waals surface area contributed by atoms with Crippen LogP contribution in [0.1, 0.15) is 51.9 Å². The highest BCUT2D eigenvalue weighted by atomic mass is 16.2. The van der Waals surface area contributed by atoms with E-state index in [1.54, 1.807) is 4.90 Å². The molecule has 0 N–H and O–H groups in total. The Morgan fingerprint density at radius 3 is 2.68 bits per heavy atom. The van der Waals surface area contributed by atoms with Gasteiger partial charge in [-0.15, -0.1) is 0 Å². The number of carbonyl (C=O) groups excluding carboxylic acids is 2. The number of urea groups is 1. The van der Waals surface area contributed by atoms with E-state index in [1.165, 1.54) is 0 Å². The number of ketones is 1. The van der Waals surface area contributed by atoms with Crippen LogP contribution in [0, 0.1) is 5.92 Å². The molecule has 4 nitrogen and oxygen atoms in total. The summed E-state index contributed by atoms with van der Waals surface area (Å²) in [4.78, 5) is 28.3. The topological polar surface area (TPSA) is 40.6 Å². The molecule has 0 spiro atoms. The van der Waals surface area contributed by atoms with Crippen molar-refractivity contribution >= 4 is 11.8 Å². The van der Waals surface area contributed by atoms with Crippen molar-refractivity contribution < 1.29 is 9.59 Å². The molecule has 0 aromatic heterocycles. The summed E-state index contributed by atoms with van der Waals surface area (Å²) in [7, 11) is 1.84. The third kappa shape index (κ3) is 3.10. The predicted octanol–water partition coefficient (Wildman–Crippen LogP) is 2.67. The van der Waals surface area contributed by atoms with Crippen LogP contribution in [-0.4, -0.2) is 47.8 Å². The summed E-state index contributed by atoms with van der Waals surface area (Å²) in [6.07, 6.45) is 7.08. The van der Waals surface area contributed by atoms with E-state index in [-0.39, 0.29) is 18.0 Å². The molecule has 108 valence electrons. The summed E-state index contributed by atoms with van der Waals surface area (Å²) >= 11 is 0. The molecule has 2 amide bonds. The molecule has 4 heteroatoms. The lowest BCUT2D eigenvalue weighted by atomic mass is 9.79. The molecule has 1 saturated heterocycles. The minimum absolute atomic E-state index is 0.100. The molecule has 2 aliphatic rings. The summed E-state index contributed by atoms with van der Waals surface area (Å²) in [5.74, 6) is 0.485. The number of hydrogen-bond donors (Lipinski definition) is 0. The molecule has 0 radical (unpaired) electrons. The highest BCUT2D eigenvalue weighted by molar-refractivity contribution is 5.83. The Morgan fingerprint density at radius 1 is 1.26 bits per heavy atom. The normalized spacial score (nSPS) is 28.3. The smallest absolute Gasteiger partial charge is 0.320 e. The van der Waals surface area contributed by atoms with E-state index in [1.807, 2.05) is 18.9 Å². The average Bonchev–Trinajstić information content (AvgIpc) is 2.46. The molecular formula is C15H26N2O2. The minimum atomic E-state index is 0.100. The van der Waals surface area contributed by atoms with Crippen molar-refractivity contribution in [2.75, 3.05) is 20.1 Å². The molecule has 2 unspecified atom stereocenters. The SMILES string of the molecule is CCN(C)C(=O)N1CCCCC1C1CCCCC1=O. The van der Waals surface area contributed by atoms with Gasteiger partial charge in [-0.05, 0) is 39.0 Å². The van der Waals surface area contributed by atoms with Gasteiger partial charge in [0.2, 0.25) is 0 Å². The zero-order chi connectivity index (χ0) is 13.8. The largest absolute Gasteiger partial charge is 0.328 e. The van der Waals surface area contributed by atoms with Crippen molar-refractivity contribution in [1.29, 1.82) is 0 Å². The first-order valence-electron chi connectivity index (χ1n) is 7.69. The zero-order valence-electron chi connectivity index (χ0n) is 12.2. The van der Waals surface area contributed by atoms with Crippen LogP contribution in [0.2, 0.25) is 0 Å². The van der Waals surface area contributed by atoms with Gasteiger partial charge in [-0.2, -0.15) is 0 Å². The lowest BCUT2D eigenvalue weighted by Crippen LogP contribution is -2.53. The Labute approximate surface area is 116 Å². The molecule has 1 saturated carbocycles. The maximum absolute atomic E-state index is 12.4. The van der Waals surface area contributed by atoms with Crippen molar-refractivity contribution in [3.8, 4) is 0 Å². The molecular weight excluding hydrogens is 240 g/mol. The van der Waals surface area contributed by atoms with Crippen molar-refractivity contribution in [3.05, 3.63) is 0 Å². The van der Waals surface area contributed by atoms with E-state index in [2.05, 4.69) is 0 Å². The van der Waals surface area contributed by atoms with E-state index in [0.717, 1.165) is 51.6 Å². The van der Waals surface area contributed by atoms with E-state index in [0.29, 0.717) is 12.2 Å². The molecule has 0 aromatic rings. The second-order valence-corrected chi connectivity index (χ2v) is 5.87. The zero-order valence-corrected chi connectivity index (χ0v) is 12.2. The van der Waals surface area contributed by atoms with Gasteiger partial charge in [0.05, 0.1) is 0 Å². The highest BCUT2D eigenvalue weighted by Crippen LogP contribution is 2.32. The number of nitrogens with zero attached hydrogens (tertiary/aromatic N) is 2. The number of amides is 2. The van der Waals surface area contributed by atoms with Gasteiger partial charge in [-0.25, -0.2) is 4.79 Å². The van der Waals surface area contributed by atoms with Gasteiger partial charge >= 0.3 is 6.03 Å². The average molecular weight is 266 g/mol. The Kier molecular flexibility index (Phi) is 4.83. The van der Waals surface area contributed by atoms with Crippen LogP contribution in [0.15, 0.2) is 0 Å². The fourth-order valence-corrected chi connectivity index (χ4v) is 3.38. The minimum Gasteiger partial charge on any atom is -0.328 e. The summed E-state index contributed by atoms with van der Waals surface area (Å²) in [6.45, 7) is 3.53. The van der Waals surface area contributed by atoms with Crippen LogP contribution in [0.25, 0.3) is 0 Å². The fraction of sp³-hybridized carbons (Fsp3) is 0.867. The number of hydrogen-bond acceptors (Lipinski definition) is 2. The molecule has 2 atom stereocenters. The Morgan fingerprint density at radius 2 is 2.00 bits per heavy atom. The Balaban J connectivity index is 2.11. The van der Waals surface area contributed by atoms with Crippen LogP contribution in [0.5, 0.6) is 0 Å². The third-order valence-electron chi connectivity index (χ3n) is 4.66. The lowest BCUT2D eigenvalue weighted by Gasteiger charge is -2.42. The first kappa shape index (κ1) is 14.4. The first-order chi connectivity index (χ1) is 9.15. The van der Waals surface area contributed by atoms with Gasteiger partial charge < -0.3 is 9.80 Å². The molecule has 2 fully saturated rings. The maximum Gasteiger partial charge on any atom is 0.320 e. The van der Waals surface area contributed by atoms with Crippen molar-refractivity contribution in [2.45, 2.75) is 57.9 Å². The summed E-state index contributed by atoms with van der Waals surface area (Å²) in [5.41, 5.74) is 0. The van der Waals surface area contributed by atoms with Crippen molar-refractivity contribution in [1.82, 2.24) is 9.80 Å². The van der Waals surface area contributed by atoms with Crippen LogP contribution in [0.3, 0.4) is 0 Å². The second-order valence-electron chi connectivity index (χ2n) is 5.87. The molecule has 2 rings (SSSR count). The number of carbonyl (C=O) groups is 2. The second kappa shape index (κ2) is 6.40. The molecule has 1 aliphatic heterocycles. The Hall–Kier alpha value is -1.06. The van der Waals surface area contributed by atoms with E-state index in [4.69, 9.17) is 0 Å². The third-order valence-corrected chi connectivity index (χ3v) is 4.66. The summed E-state index contributed by atoms with van der Waals surface area (Å²) < 4.78 is 0. The monoisotopic (exact) mass is 266 g/mol. The van der Waals surface area contributed by atoms with Crippen LogP contribution < -0.4 is 0 Å². The predicted molar refractivity (Wildman–Crippen MR) is 75.0 cm³/mol. The number of piperidine rings is 1. The van der Waals surface area contributed by atoms with Crippen LogP contribution in [0.4, 0.5) is 4.79 Å². The standard InChI is InChI=1S/C15H26N2O2/c1-3-16(2)15(19)17-11-7-6-9-13(17)12-8-4-5-10-14(12)18/h12-13H,3-11H2,1-2H3. The van der Waals surface area contributed by atoms with Gasteiger partial charge in [0, 0.05) is 38.5 Å². The van der Waals surface area contributed by atoms with Gasteiger partial charge in [0.1, 0.15) is 5.78 Å². The highest BCUT2D eigenvalue weighted by Gasteiger charge is 2.38. The molecule has 1 heterocycles. The molecule has 19 heavy (non-hydrogen) atoms. The van der Waals surface area contributed by atoms with Crippen LogP contribution >= 0.6 is 0 Å². The number of Topliss-reactive ketones (excluding diaryl/α,β-unsaturated/α-hetero) is 1. The van der Waals surface area contributed by atoms with E-state index in [9.17, 15) is 9.59 Å². The number of rotatable bonds is 2. The maximum atomic E-state index is 12.4. The van der Waals surface area contributed by atoms with Gasteiger partial charge in [-0.1, -0.05) is 6.42 Å². The van der Waals surface area contributed by atoms with Crippen molar-refractivity contribution in [2.24, 2.45) is 5.92 Å².